The Hall–Kier alpha value is -3.47. The maximum atomic E-state index is 5.51. The molecule has 0 spiro atoms. The van der Waals surface area contributed by atoms with Crippen molar-refractivity contribution in [1.29, 1.82) is 0 Å². The molecule has 4 rings (SSSR count). The lowest BCUT2D eigenvalue weighted by Gasteiger charge is -2.14. The van der Waals surface area contributed by atoms with Gasteiger partial charge in [0, 0.05) is 5.39 Å². The van der Waals surface area contributed by atoms with Crippen molar-refractivity contribution < 1.29 is 14.2 Å². The third-order valence-electron chi connectivity index (χ3n) is 5.14. The number of methoxy groups -OCH3 is 3. The van der Waals surface area contributed by atoms with Crippen LogP contribution in [0.4, 0.5) is 0 Å². The molecule has 0 aliphatic rings. The number of nitrogens with zero attached hydrogens (tertiary/aromatic N) is 2. The summed E-state index contributed by atoms with van der Waals surface area (Å²) < 4.78 is 18.5. The SMILES string of the molecule is COc1cc(-c2ccc3c(C)nn(-c4ccc(C)cc4)c3c2)cc(OC)c1OC. The first kappa shape index (κ1) is 18.9. The summed E-state index contributed by atoms with van der Waals surface area (Å²) in [6.45, 7) is 4.12. The van der Waals surface area contributed by atoms with E-state index in [9.17, 15) is 0 Å². The Labute approximate surface area is 170 Å². The van der Waals surface area contributed by atoms with Gasteiger partial charge in [0.05, 0.1) is 38.2 Å². The van der Waals surface area contributed by atoms with Crippen molar-refractivity contribution in [2.75, 3.05) is 21.3 Å². The molecule has 0 saturated carbocycles. The summed E-state index contributed by atoms with van der Waals surface area (Å²) in [6.07, 6.45) is 0. The van der Waals surface area contributed by atoms with Crippen LogP contribution in [0.15, 0.2) is 54.6 Å². The average molecular weight is 388 g/mol. The zero-order chi connectivity index (χ0) is 20.5. The zero-order valence-electron chi connectivity index (χ0n) is 17.3. The molecule has 148 valence electrons. The Morgan fingerprint density at radius 2 is 1.38 bits per heavy atom. The van der Waals surface area contributed by atoms with Crippen LogP contribution in [-0.4, -0.2) is 31.1 Å². The maximum Gasteiger partial charge on any atom is 0.203 e. The van der Waals surface area contributed by atoms with Crippen molar-refractivity contribution in [3.63, 3.8) is 0 Å². The second-order valence-electron chi connectivity index (χ2n) is 6.98. The maximum absolute atomic E-state index is 5.51. The summed E-state index contributed by atoms with van der Waals surface area (Å²) >= 11 is 0. The van der Waals surface area contributed by atoms with Gasteiger partial charge in [-0.1, -0.05) is 29.8 Å². The van der Waals surface area contributed by atoms with E-state index in [-0.39, 0.29) is 0 Å². The van der Waals surface area contributed by atoms with Crippen molar-refractivity contribution in [2.24, 2.45) is 0 Å². The minimum absolute atomic E-state index is 0.584. The number of ether oxygens (including phenoxy) is 3. The van der Waals surface area contributed by atoms with E-state index in [0.717, 1.165) is 33.4 Å². The highest BCUT2D eigenvalue weighted by Crippen LogP contribution is 2.41. The van der Waals surface area contributed by atoms with E-state index in [2.05, 4.69) is 49.4 Å². The average Bonchev–Trinajstić information content (AvgIpc) is 3.09. The van der Waals surface area contributed by atoms with E-state index in [0.29, 0.717) is 17.2 Å². The molecule has 0 N–H and O–H groups in total. The third kappa shape index (κ3) is 3.29. The highest BCUT2D eigenvalue weighted by Gasteiger charge is 2.16. The second-order valence-corrected chi connectivity index (χ2v) is 6.98. The number of fused-ring (bicyclic) bond motifs is 1. The van der Waals surface area contributed by atoms with Gasteiger partial charge in [0.1, 0.15) is 0 Å². The monoisotopic (exact) mass is 388 g/mol. The highest BCUT2D eigenvalue weighted by molar-refractivity contribution is 5.88. The number of benzene rings is 3. The van der Waals surface area contributed by atoms with Gasteiger partial charge in [-0.15, -0.1) is 0 Å². The molecule has 3 aromatic carbocycles. The molecular weight excluding hydrogens is 364 g/mol. The Bertz CT molecular complexity index is 1150. The summed E-state index contributed by atoms with van der Waals surface area (Å²) in [5.74, 6) is 1.84. The Kier molecular flexibility index (Phi) is 4.89. The largest absolute Gasteiger partial charge is 0.493 e. The quantitative estimate of drug-likeness (QED) is 0.463. The van der Waals surface area contributed by atoms with Crippen LogP contribution in [0.1, 0.15) is 11.3 Å². The molecule has 0 saturated heterocycles. The minimum atomic E-state index is 0.584. The normalized spacial score (nSPS) is 10.9. The van der Waals surface area contributed by atoms with Crippen molar-refractivity contribution in [1.82, 2.24) is 9.78 Å². The number of aromatic nitrogens is 2. The number of hydrogen-bond donors (Lipinski definition) is 0. The second kappa shape index (κ2) is 7.51. The lowest BCUT2D eigenvalue weighted by atomic mass is 10.0. The lowest BCUT2D eigenvalue weighted by Crippen LogP contribution is -1.97. The Morgan fingerprint density at radius 1 is 0.724 bits per heavy atom. The van der Waals surface area contributed by atoms with E-state index in [4.69, 9.17) is 19.3 Å². The van der Waals surface area contributed by atoms with E-state index in [1.54, 1.807) is 21.3 Å². The van der Waals surface area contributed by atoms with Gasteiger partial charge in [-0.2, -0.15) is 5.10 Å². The summed E-state index contributed by atoms with van der Waals surface area (Å²) in [6, 6.07) is 18.7. The van der Waals surface area contributed by atoms with Crippen LogP contribution in [0.5, 0.6) is 17.2 Å². The molecule has 1 aromatic heterocycles. The molecule has 29 heavy (non-hydrogen) atoms. The standard InChI is InChI=1S/C24H24N2O3/c1-15-6-9-19(10-7-15)26-21-12-17(8-11-20(21)16(2)25-26)18-13-22(27-3)24(29-5)23(14-18)28-4/h6-14H,1-5H3. The topological polar surface area (TPSA) is 45.5 Å². The lowest BCUT2D eigenvalue weighted by molar-refractivity contribution is 0.324. The van der Waals surface area contributed by atoms with Crippen LogP contribution in [-0.2, 0) is 0 Å². The zero-order valence-corrected chi connectivity index (χ0v) is 17.3. The van der Waals surface area contributed by atoms with E-state index < -0.39 is 0 Å². The Balaban J connectivity index is 1.90. The molecule has 0 bridgehead atoms. The van der Waals surface area contributed by atoms with Gasteiger partial charge in [0.25, 0.3) is 0 Å². The summed E-state index contributed by atoms with van der Waals surface area (Å²) in [5.41, 5.74) is 6.34. The minimum Gasteiger partial charge on any atom is -0.493 e. The first-order valence-electron chi connectivity index (χ1n) is 9.42. The van der Waals surface area contributed by atoms with Crippen LogP contribution in [0, 0.1) is 13.8 Å². The van der Waals surface area contributed by atoms with Crippen LogP contribution >= 0.6 is 0 Å². The summed E-state index contributed by atoms with van der Waals surface area (Å²) in [4.78, 5) is 0. The van der Waals surface area contributed by atoms with Gasteiger partial charge < -0.3 is 14.2 Å². The fourth-order valence-corrected chi connectivity index (χ4v) is 3.58. The number of hydrogen-bond acceptors (Lipinski definition) is 4. The van der Waals surface area contributed by atoms with E-state index in [1.807, 2.05) is 23.7 Å². The number of rotatable bonds is 5. The molecule has 0 aliphatic carbocycles. The molecule has 0 aliphatic heterocycles. The fraction of sp³-hybridized carbons (Fsp3) is 0.208. The molecule has 0 atom stereocenters. The van der Waals surface area contributed by atoms with Crippen LogP contribution in [0.2, 0.25) is 0 Å². The smallest absolute Gasteiger partial charge is 0.203 e. The molecule has 5 heteroatoms. The fourth-order valence-electron chi connectivity index (χ4n) is 3.58. The number of aryl methyl sites for hydroxylation is 2. The van der Waals surface area contributed by atoms with Gasteiger partial charge in [0.15, 0.2) is 11.5 Å². The molecule has 0 fully saturated rings. The van der Waals surface area contributed by atoms with Crippen LogP contribution in [0.25, 0.3) is 27.7 Å². The van der Waals surface area contributed by atoms with E-state index in [1.165, 1.54) is 5.56 Å². The molecule has 4 aromatic rings. The van der Waals surface area contributed by atoms with Crippen molar-refractivity contribution in [3.8, 4) is 34.1 Å². The highest BCUT2D eigenvalue weighted by atomic mass is 16.5. The van der Waals surface area contributed by atoms with Gasteiger partial charge >= 0.3 is 0 Å². The molecule has 0 unspecified atom stereocenters. The van der Waals surface area contributed by atoms with Gasteiger partial charge in [0.2, 0.25) is 5.75 Å². The summed E-state index contributed by atoms with van der Waals surface area (Å²) in [5, 5.41) is 5.89. The predicted octanol–water partition coefficient (Wildman–Crippen LogP) is 5.34. The Morgan fingerprint density at radius 3 is 1.97 bits per heavy atom. The molecular formula is C24H24N2O3. The van der Waals surface area contributed by atoms with E-state index >= 15 is 0 Å². The molecule has 0 radical (unpaired) electrons. The van der Waals surface area contributed by atoms with Crippen molar-refractivity contribution in [2.45, 2.75) is 13.8 Å². The first-order chi connectivity index (χ1) is 14.0. The molecule has 5 nitrogen and oxygen atoms in total. The molecule has 0 amide bonds. The first-order valence-corrected chi connectivity index (χ1v) is 9.42. The van der Waals surface area contributed by atoms with Gasteiger partial charge in [-0.25, -0.2) is 4.68 Å². The molecule has 1 heterocycles. The van der Waals surface area contributed by atoms with Gasteiger partial charge in [-0.3, -0.25) is 0 Å². The third-order valence-corrected chi connectivity index (χ3v) is 5.14. The van der Waals surface area contributed by atoms with Gasteiger partial charge in [-0.05, 0) is 55.3 Å². The summed E-state index contributed by atoms with van der Waals surface area (Å²) in [7, 11) is 4.86. The predicted molar refractivity (Wildman–Crippen MR) is 116 cm³/mol. The van der Waals surface area contributed by atoms with Crippen LogP contribution < -0.4 is 14.2 Å². The van der Waals surface area contributed by atoms with Crippen molar-refractivity contribution in [3.05, 3.63) is 65.9 Å². The van der Waals surface area contributed by atoms with Crippen molar-refractivity contribution >= 4 is 10.9 Å². The van der Waals surface area contributed by atoms with Crippen LogP contribution in [0.3, 0.4) is 0 Å².